The second kappa shape index (κ2) is 5.84. The van der Waals surface area contributed by atoms with Crippen molar-refractivity contribution in [2.24, 2.45) is 0 Å². The number of alkyl halides is 2. The van der Waals surface area contributed by atoms with E-state index < -0.39 is 26.1 Å². The normalized spacial score (nSPS) is 17.2. The maximum absolute atomic E-state index is 12.0. The number of hydrogen-bond acceptors (Lipinski definition) is 4. The Morgan fingerprint density at radius 1 is 1.19 bits per heavy atom. The second-order valence-electron chi connectivity index (χ2n) is 4.82. The highest BCUT2D eigenvalue weighted by atomic mass is 79.9. The summed E-state index contributed by atoms with van der Waals surface area (Å²) in [7, 11) is 0. The van der Waals surface area contributed by atoms with Crippen LogP contribution in [0, 0.1) is 17.0 Å². The van der Waals surface area contributed by atoms with E-state index >= 15 is 0 Å². The SMILES string of the molecule is Cc1ccc(C(N2C(=O)CCC2=O)C(Br)(Br)[N+](=O)[O-])cc1. The summed E-state index contributed by atoms with van der Waals surface area (Å²) in [4.78, 5) is 35.7. The van der Waals surface area contributed by atoms with E-state index in [4.69, 9.17) is 0 Å². The number of nitrogens with zero attached hydrogens (tertiary/aromatic N) is 2. The van der Waals surface area contributed by atoms with E-state index in [9.17, 15) is 19.7 Å². The zero-order valence-corrected chi connectivity index (χ0v) is 14.3. The Bertz CT molecular complexity index is 585. The predicted octanol–water partition coefficient (Wildman–Crippen LogP) is 2.91. The van der Waals surface area contributed by atoms with Crippen LogP contribution in [-0.4, -0.2) is 25.0 Å². The molecule has 1 aromatic rings. The predicted molar refractivity (Wildman–Crippen MR) is 82.6 cm³/mol. The molecule has 0 spiro atoms. The molecule has 1 fully saturated rings. The van der Waals surface area contributed by atoms with Crippen LogP contribution < -0.4 is 0 Å². The topological polar surface area (TPSA) is 80.5 Å². The molecule has 1 aliphatic rings. The Labute approximate surface area is 137 Å². The molecule has 0 N–H and O–H groups in total. The standard InChI is InChI=1S/C13H12Br2N2O4/c1-8-2-4-9(5-3-8)12(13(14,15)17(20)21)16-10(18)6-7-11(16)19/h2-5,12H,6-7H2,1H3. The van der Waals surface area contributed by atoms with Gasteiger partial charge in [-0.1, -0.05) is 29.8 Å². The molecule has 112 valence electrons. The first-order valence-electron chi connectivity index (χ1n) is 6.19. The maximum Gasteiger partial charge on any atom is 0.351 e. The third-order valence-electron chi connectivity index (χ3n) is 3.31. The van der Waals surface area contributed by atoms with Gasteiger partial charge in [0.05, 0.1) is 4.92 Å². The van der Waals surface area contributed by atoms with Crippen molar-refractivity contribution in [3.05, 3.63) is 45.5 Å². The van der Waals surface area contributed by atoms with E-state index in [0.29, 0.717) is 5.56 Å². The summed E-state index contributed by atoms with van der Waals surface area (Å²) in [5, 5.41) is 11.3. The smallest absolute Gasteiger partial charge is 0.274 e. The minimum Gasteiger partial charge on any atom is -0.274 e. The molecular formula is C13H12Br2N2O4. The molecule has 1 atom stereocenters. The van der Waals surface area contributed by atoms with E-state index in [0.717, 1.165) is 10.5 Å². The molecule has 1 unspecified atom stereocenters. The van der Waals surface area contributed by atoms with Crippen LogP contribution in [0.25, 0.3) is 0 Å². The number of imide groups is 1. The summed E-state index contributed by atoms with van der Waals surface area (Å²) < 4.78 is -1.83. The van der Waals surface area contributed by atoms with Crippen molar-refractivity contribution in [1.82, 2.24) is 4.90 Å². The molecule has 0 bridgehead atoms. The van der Waals surface area contributed by atoms with Gasteiger partial charge in [0.1, 0.15) is 0 Å². The molecule has 0 radical (unpaired) electrons. The Balaban J connectivity index is 2.54. The van der Waals surface area contributed by atoms with E-state index in [1.165, 1.54) is 0 Å². The summed E-state index contributed by atoms with van der Waals surface area (Å²) >= 11 is 6.01. The summed E-state index contributed by atoms with van der Waals surface area (Å²) in [6.07, 6.45) is 0.157. The molecule has 1 saturated heterocycles. The van der Waals surface area contributed by atoms with Gasteiger partial charge in [-0.15, -0.1) is 0 Å². The largest absolute Gasteiger partial charge is 0.351 e. The molecular weight excluding hydrogens is 408 g/mol. The number of aryl methyl sites for hydroxylation is 1. The first-order valence-corrected chi connectivity index (χ1v) is 7.77. The zero-order valence-electron chi connectivity index (χ0n) is 11.1. The average molecular weight is 420 g/mol. The molecule has 0 saturated carbocycles. The molecule has 6 nitrogen and oxygen atoms in total. The molecule has 1 aliphatic heterocycles. The van der Waals surface area contributed by atoms with Crippen molar-refractivity contribution in [3.8, 4) is 0 Å². The lowest BCUT2D eigenvalue weighted by Crippen LogP contribution is -2.45. The van der Waals surface area contributed by atoms with Crippen molar-refractivity contribution in [1.29, 1.82) is 0 Å². The van der Waals surface area contributed by atoms with Gasteiger partial charge in [0.2, 0.25) is 11.8 Å². The highest BCUT2D eigenvalue weighted by molar-refractivity contribution is 9.25. The molecule has 1 aromatic carbocycles. The second-order valence-corrected chi connectivity index (χ2v) is 8.30. The monoisotopic (exact) mass is 418 g/mol. The fourth-order valence-electron chi connectivity index (χ4n) is 2.24. The number of likely N-dealkylation sites (tertiary alicyclic amines) is 1. The fourth-order valence-corrected chi connectivity index (χ4v) is 3.17. The summed E-state index contributed by atoms with van der Waals surface area (Å²) in [6, 6.07) is 5.86. The molecule has 2 rings (SSSR count). The number of rotatable bonds is 4. The molecule has 0 aromatic heterocycles. The van der Waals surface area contributed by atoms with Gasteiger partial charge >= 0.3 is 3.36 Å². The van der Waals surface area contributed by atoms with E-state index in [1.807, 2.05) is 6.92 Å². The lowest BCUT2D eigenvalue weighted by Gasteiger charge is -2.30. The average Bonchev–Trinajstić information content (AvgIpc) is 2.73. The van der Waals surface area contributed by atoms with Crippen LogP contribution in [0.2, 0.25) is 0 Å². The van der Waals surface area contributed by atoms with Crippen LogP contribution in [0.1, 0.15) is 30.0 Å². The van der Waals surface area contributed by atoms with E-state index in [2.05, 4.69) is 31.9 Å². The minimum atomic E-state index is -1.83. The van der Waals surface area contributed by atoms with Gasteiger partial charge in [0.25, 0.3) is 0 Å². The molecule has 8 heteroatoms. The number of carbonyl (C=O) groups is 2. The number of benzene rings is 1. The summed E-state index contributed by atoms with van der Waals surface area (Å²) in [5.41, 5.74) is 1.49. The Kier molecular flexibility index (Phi) is 4.48. The lowest BCUT2D eigenvalue weighted by molar-refractivity contribution is -0.511. The van der Waals surface area contributed by atoms with E-state index in [-0.39, 0.29) is 12.8 Å². The van der Waals surface area contributed by atoms with Crippen molar-refractivity contribution < 1.29 is 14.5 Å². The molecule has 0 aliphatic carbocycles. The van der Waals surface area contributed by atoms with Crippen molar-refractivity contribution >= 4 is 43.7 Å². The number of hydrogen-bond donors (Lipinski definition) is 0. The van der Waals surface area contributed by atoms with Gasteiger partial charge < -0.3 is 0 Å². The molecule has 2 amide bonds. The van der Waals surface area contributed by atoms with Gasteiger partial charge in [-0.3, -0.25) is 24.6 Å². The van der Waals surface area contributed by atoms with Gasteiger partial charge in [-0.2, -0.15) is 0 Å². The third-order valence-corrected chi connectivity index (χ3v) is 4.76. The van der Waals surface area contributed by atoms with Crippen LogP contribution >= 0.6 is 31.9 Å². The number of nitro groups is 1. The van der Waals surface area contributed by atoms with Crippen LogP contribution in [0.5, 0.6) is 0 Å². The summed E-state index contributed by atoms with van der Waals surface area (Å²) in [5.74, 6) is -0.814. The molecule has 1 heterocycles. The Morgan fingerprint density at radius 2 is 1.67 bits per heavy atom. The van der Waals surface area contributed by atoms with Gasteiger partial charge in [-0.05, 0) is 12.5 Å². The number of amides is 2. The van der Waals surface area contributed by atoms with Gasteiger partial charge in [0, 0.05) is 44.7 Å². The van der Waals surface area contributed by atoms with Crippen LogP contribution in [0.3, 0.4) is 0 Å². The Morgan fingerprint density at radius 3 is 2.10 bits per heavy atom. The first-order chi connectivity index (χ1) is 9.75. The maximum atomic E-state index is 12.0. The van der Waals surface area contributed by atoms with Crippen molar-refractivity contribution in [3.63, 3.8) is 0 Å². The van der Waals surface area contributed by atoms with Crippen molar-refractivity contribution in [2.75, 3.05) is 0 Å². The number of halogens is 2. The Hall–Kier alpha value is -1.28. The quantitative estimate of drug-likeness (QED) is 0.247. The highest BCUT2D eigenvalue weighted by Gasteiger charge is 2.54. The number of carbonyl (C=O) groups excluding carboxylic acids is 2. The van der Waals surface area contributed by atoms with Gasteiger partial charge in [-0.25, -0.2) is 0 Å². The van der Waals surface area contributed by atoms with Crippen molar-refractivity contribution in [2.45, 2.75) is 29.2 Å². The van der Waals surface area contributed by atoms with Crippen LogP contribution in [0.15, 0.2) is 24.3 Å². The highest BCUT2D eigenvalue weighted by Crippen LogP contribution is 2.45. The van der Waals surface area contributed by atoms with E-state index in [1.54, 1.807) is 24.3 Å². The van der Waals surface area contributed by atoms with Gasteiger partial charge in [0.15, 0.2) is 6.04 Å². The first kappa shape index (κ1) is 16.1. The molecule has 21 heavy (non-hydrogen) atoms. The lowest BCUT2D eigenvalue weighted by atomic mass is 10.0. The zero-order chi connectivity index (χ0) is 15.8. The summed E-state index contributed by atoms with van der Waals surface area (Å²) in [6.45, 7) is 1.88. The van der Waals surface area contributed by atoms with Crippen LogP contribution in [-0.2, 0) is 9.59 Å². The minimum absolute atomic E-state index is 0.0784. The van der Waals surface area contributed by atoms with Crippen LogP contribution in [0.4, 0.5) is 0 Å². The fraction of sp³-hybridized carbons (Fsp3) is 0.385. The third kappa shape index (κ3) is 3.01.